The third kappa shape index (κ3) is 6.20. The van der Waals surface area contributed by atoms with Crippen molar-refractivity contribution in [1.29, 1.82) is 0 Å². The molecule has 1 aromatic heterocycles. The van der Waals surface area contributed by atoms with E-state index in [1.165, 1.54) is 0 Å². The molecule has 0 saturated carbocycles. The molecule has 0 aromatic carbocycles. The lowest BCUT2D eigenvalue weighted by atomic mass is 10.2. The number of hydrogen-bond donors (Lipinski definition) is 2. The van der Waals surface area contributed by atoms with Gasteiger partial charge in [-0.25, -0.2) is 4.98 Å². The molecule has 0 aliphatic carbocycles. The number of pyridine rings is 1. The van der Waals surface area contributed by atoms with Gasteiger partial charge in [-0.1, -0.05) is 13.8 Å². The van der Waals surface area contributed by atoms with Crippen LogP contribution in [0, 0.1) is 5.92 Å². The van der Waals surface area contributed by atoms with Crippen molar-refractivity contribution in [1.82, 2.24) is 10.3 Å². The number of rotatable bonds is 8. The monoisotopic (exact) mass is 265 g/mol. The number of nitrogens with one attached hydrogen (secondary N) is 2. The van der Waals surface area contributed by atoms with Crippen molar-refractivity contribution >= 4 is 11.7 Å². The van der Waals surface area contributed by atoms with Gasteiger partial charge < -0.3 is 15.4 Å². The van der Waals surface area contributed by atoms with Crippen LogP contribution in [-0.4, -0.2) is 37.2 Å². The summed E-state index contributed by atoms with van der Waals surface area (Å²) in [5, 5.41) is 5.88. The summed E-state index contributed by atoms with van der Waals surface area (Å²) in [4.78, 5) is 15.9. The van der Waals surface area contributed by atoms with Crippen LogP contribution in [0.1, 0.15) is 31.1 Å². The van der Waals surface area contributed by atoms with Crippen molar-refractivity contribution in [2.75, 3.05) is 31.6 Å². The molecule has 5 nitrogen and oxygen atoms in total. The van der Waals surface area contributed by atoms with Gasteiger partial charge in [-0.15, -0.1) is 0 Å². The molecule has 1 heterocycles. The molecule has 2 N–H and O–H groups in total. The predicted octanol–water partition coefficient (Wildman–Crippen LogP) is 1.92. The third-order valence-corrected chi connectivity index (χ3v) is 2.37. The smallest absolute Gasteiger partial charge is 0.252 e. The van der Waals surface area contributed by atoms with Crippen LogP contribution in [0.3, 0.4) is 0 Å². The van der Waals surface area contributed by atoms with Gasteiger partial charge in [0.25, 0.3) is 5.91 Å². The molecule has 0 unspecified atom stereocenters. The second kappa shape index (κ2) is 8.48. The Morgan fingerprint density at radius 3 is 2.79 bits per heavy atom. The van der Waals surface area contributed by atoms with Crippen molar-refractivity contribution < 1.29 is 9.53 Å². The molecule has 0 fully saturated rings. The number of anilines is 1. The fraction of sp³-hybridized carbons (Fsp3) is 0.571. The van der Waals surface area contributed by atoms with Gasteiger partial charge in [-0.2, -0.15) is 0 Å². The zero-order chi connectivity index (χ0) is 14.1. The number of nitrogens with zero attached hydrogens (tertiary/aromatic N) is 1. The van der Waals surface area contributed by atoms with Crippen molar-refractivity contribution in [2.24, 2.45) is 5.92 Å². The van der Waals surface area contributed by atoms with Gasteiger partial charge in [0, 0.05) is 25.9 Å². The number of amides is 1. The van der Waals surface area contributed by atoms with E-state index in [1.54, 1.807) is 18.3 Å². The Bertz CT molecular complexity index is 377. The van der Waals surface area contributed by atoms with Crippen molar-refractivity contribution in [2.45, 2.75) is 20.8 Å². The van der Waals surface area contributed by atoms with Crippen LogP contribution in [0.5, 0.6) is 0 Å². The van der Waals surface area contributed by atoms with E-state index in [0.717, 1.165) is 19.0 Å². The summed E-state index contributed by atoms with van der Waals surface area (Å²) in [6, 6.07) is 3.56. The van der Waals surface area contributed by atoms with E-state index in [1.807, 2.05) is 6.92 Å². The molecule has 1 rings (SSSR count). The Kier molecular flexibility index (Phi) is 6.89. The number of carbonyl (C=O) groups is 1. The Morgan fingerprint density at radius 2 is 2.21 bits per heavy atom. The zero-order valence-electron chi connectivity index (χ0n) is 11.9. The van der Waals surface area contributed by atoms with Crippen molar-refractivity contribution in [3.8, 4) is 0 Å². The Labute approximate surface area is 114 Å². The molecular formula is C14H23N3O2. The van der Waals surface area contributed by atoms with Gasteiger partial charge in [-0.05, 0) is 25.0 Å². The largest absolute Gasteiger partial charge is 0.379 e. The standard InChI is InChI=1S/C14H23N3O2/c1-4-15-13-6-5-12(9-17-13)14(18)16-7-8-19-10-11(2)3/h5-6,9,11H,4,7-8,10H2,1-3H3,(H,15,17)(H,16,18). The van der Waals surface area contributed by atoms with Crippen LogP contribution in [0.2, 0.25) is 0 Å². The average molecular weight is 265 g/mol. The van der Waals surface area contributed by atoms with E-state index in [-0.39, 0.29) is 5.91 Å². The van der Waals surface area contributed by atoms with Crippen LogP contribution in [-0.2, 0) is 4.74 Å². The second-order valence-electron chi connectivity index (χ2n) is 4.69. The molecule has 0 saturated heterocycles. The molecule has 19 heavy (non-hydrogen) atoms. The maximum absolute atomic E-state index is 11.8. The van der Waals surface area contributed by atoms with Crippen LogP contribution >= 0.6 is 0 Å². The number of aromatic nitrogens is 1. The quantitative estimate of drug-likeness (QED) is 0.705. The first kappa shape index (κ1) is 15.4. The van der Waals surface area contributed by atoms with Crippen molar-refractivity contribution in [3.05, 3.63) is 23.9 Å². The normalized spacial score (nSPS) is 10.5. The molecule has 5 heteroatoms. The highest BCUT2D eigenvalue weighted by molar-refractivity contribution is 5.94. The predicted molar refractivity (Wildman–Crippen MR) is 76.4 cm³/mol. The van der Waals surface area contributed by atoms with Crippen LogP contribution in [0.4, 0.5) is 5.82 Å². The lowest BCUT2D eigenvalue weighted by Gasteiger charge is -2.08. The SMILES string of the molecule is CCNc1ccc(C(=O)NCCOCC(C)C)cn1. The number of ether oxygens (including phenoxy) is 1. The minimum absolute atomic E-state index is 0.122. The Morgan fingerprint density at radius 1 is 1.42 bits per heavy atom. The van der Waals surface area contributed by atoms with Gasteiger partial charge in [0.05, 0.1) is 12.2 Å². The lowest BCUT2D eigenvalue weighted by Crippen LogP contribution is -2.27. The van der Waals surface area contributed by atoms with E-state index < -0.39 is 0 Å². The molecule has 0 spiro atoms. The van der Waals surface area contributed by atoms with E-state index in [0.29, 0.717) is 24.6 Å². The van der Waals surface area contributed by atoms with Gasteiger partial charge in [0.2, 0.25) is 0 Å². The van der Waals surface area contributed by atoms with E-state index in [9.17, 15) is 4.79 Å². The lowest BCUT2D eigenvalue weighted by molar-refractivity contribution is 0.0886. The molecular weight excluding hydrogens is 242 g/mol. The molecule has 0 radical (unpaired) electrons. The molecule has 0 aliphatic rings. The van der Waals surface area contributed by atoms with Gasteiger partial charge >= 0.3 is 0 Å². The fourth-order valence-electron chi connectivity index (χ4n) is 1.47. The summed E-state index contributed by atoms with van der Waals surface area (Å²) < 4.78 is 5.39. The van der Waals surface area contributed by atoms with Crippen LogP contribution in [0.25, 0.3) is 0 Å². The summed E-state index contributed by atoms with van der Waals surface area (Å²) in [7, 11) is 0. The Hall–Kier alpha value is -1.62. The summed E-state index contributed by atoms with van der Waals surface area (Å²) >= 11 is 0. The first-order valence-corrected chi connectivity index (χ1v) is 6.69. The fourth-order valence-corrected chi connectivity index (χ4v) is 1.47. The maximum Gasteiger partial charge on any atom is 0.252 e. The molecule has 1 aromatic rings. The minimum Gasteiger partial charge on any atom is -0.379 e. The molecule has 0 aliphatic heterocycles. The van der Waals surface area contributed by atoms with E-state index in [2.05, 4.69) is 29.5 Å². The third-order valence-electron chi connectivity index (χ3n) is 2.37. The highest BCUT2D eigenvalue weighted by Gasteiger charge is 2.05. The van der Waals surface area contributed by atoms with Crippen molar-refractivity contribution in [3.63, 3.8) is 0 Å². The highest BCUT2D eigenvalue weighted by Crippen LogP contribution is 2.04. The molecule has 0 bridgehead atoms. The minimum atomic E-state index is -0.122. The maximum atomic E-state index is 11.8. The van der Waals surface area contributed by atoms with Crippen LogP contribution < -0.4 is 10.6 Å². The van der Waals surface area contributed by atoms with Gasteiger partial charge in [0.15, 0.2) is 0 Å². The average Bonchev–Trinajstić information content (AvgIpc) is 2.39. The second-order valence-corrected chi connectivity index (χ2v) is 4.69. The Balaban J connectivity index is 2.29. The van der Waals surface area contributed by atoms with E-state index >= 15 is 0 Å². The first-order valence-electron chi connectivity index (χ1n) is 6.69. The van der Waals surface area contributed by atoms with Gasteiger partial charge in [-0.3, -0.25) is 4.79 Å². The topological polar surface area (TPSA) is 63.2 Å². The zero-order valence-corrected chi connectivity index (χ0v) is 11.9. The number of hydrogen-bond acceptors (Lipinski definition) is 4. The summed E-state index contributed by atoms with van der Waals surface area (Å²) in [6.45, 7) is 8.76. The van der Waals surface area contributed by atoms with Crippen LogP contribution in [0.15, 0.2) is 18.3 Å². The van der Waals surface area contributed by atoms with Gasteiger partial charge in [0.1, 0.15) is 5.82 Å². The number of carbonyl (C=O) groups excluding carboxylic acids is 1. The molecule has 0 atom stereocenters. The highest BCUT2D eigenvalue weighted by atomic mass is 16.5. The first-order chi connectivity index (χ1) is 9.13. The molecule has 1 amide bonds. The summed E-state index contributed by atoms with van der Waals surface area (Å²) in [5.41, 5.74) is 0.561. The van der Waals surface area contributed by atoms with E-state index in [4.69, 9.17) is 4.74 Å². The summed E-state index contributed by atoms with van der Waals surface area (Å²) in [5.74, 6) is 1.17. The molecule has 106 valence electrons. The summed E-state index contributed by atoms with van der Waals surface area (Å²) in [6.07, 6.45) is 1.57.